The van der Waals surface area contributed by atoms with Crippen molar-refractivity contribution >= 4 is 23.0 Å². The van der Waals surface area contributed by atoms with Gasteiger partial charge in [-0.25, -0.2) is 15.4 Å². The monoisotopic (exact) mass is 502 g/mol. The van der Waals surface area contributed by atoms with Gasteiger partial charge in [0.05, 0.1) is 29.8 Å². The van der Waals surface area contributed by atoms with Crippen molar-refractivity contribution in [2.45, 2.75) is 13.8 Å². The fourth-order valence-electron chi connectivity index (χ4n) is 3.78. The Labute approximate surface area is 220 Å². The molecule has 2 heterocycles. The minimum Gasteiger partial charge on any atom is -0.306 e. The maximum atomic E-state index is 12.7. The Balaban J connectivity index is 1.20. The Kier molecular flexibility index (Phi) is 7.17. The second-order valence-electron chi connectivity index (χ2n) is 8.56. The van der Waals surface area contributed by atoms with Gasteiger partial charge in [-0.3, -0.25) is 10.2 Å². The molecule has 0 bridgehead atoms. The number of hydrogen-bond donors (Lipinski definition) is 2. The summed E-state index contributed by atoms with van der Waals surface area (Å²) in [6.07, 6.45) is 10.8. The molecule has 0 saturated heterocycles. The van der Waals surface area contributed by atoms with Crippen LogP contribution in [0.3, 0.4) is 0 Å². The number of hydrazone groups is 2. The number of nitrogens with zero attached hydrogens (tertiary/aromatic N) is 6. The molecule has 1 amide bonds. The summed E-state index contributed by atoms with van der Waals surface area (Å²) in [5, 5.41) is 8.76. The molecular formula is C29H26N8O. The first-order valence-electron chi connectivity index (χ1n) is 12.0. The van der Waals surface area contributed by atoms with Crippen molar-refractivity contribution in [1.29, 1.82) is 0 Å². The van der Waals surface area contributed by atoms with Gasteiger partial charge in [-0.1, -0.05) is 30.3 Å². The van der Waals surface area contributed by atoms with Crippen LogP contribution >= 0.6 is 0 Å². The van der Waals surface area contributed by atoms with Gasteiger partial charge in [-0.2, -0.15) is 10.2 Å². The SMILES string of the molecule is C/C(=N\NC(=O)c1cccc(N/N=C(\C)c2ccc(-n3ccnc3)cc2)c1)c1ccc(-n2ccnc2)cc1. The molecule has 2 aromatic heterocycles. The third-order valence-corrected chi connectivity index (χ3v) is 5.98. The van der Waals surface area contributed by atoms with Crippen LogP contribution in [0.2, 0.25) is 0 Å². The second-order valence-corrected chi connectivity index (χ2v) is 8.56. The fourth-order valence-corrected chi connectivity index (χ4v) is 3.78. The van der Waals surface area contributed by atoms with E-state index < -0.39 is 0 Å². The van der Waals surface area contributed by atoms with Crippen molar-refractivity contribution in [1.82, 2.24) is 24.5 Å². The Morgan fingerprint density at radius 2 is 1.26 bits per heavy atom. The molecule has 5 aromatic rings. The fraction of sp³-hybridized carbons (Fsp3) is 0.0690. The van der Waals surface area contributed by atoms with Gasteiger partial charge >= 0.3 is 0 Å². The number of hydrogen-bond acceptors (Lipinski definition) is 6. The minimum atomic E-state index is -0.307. The summed E-state index contributed by atoms with van der Waals surface area (Å²) >= 11 is 0. The number of amides is 1. The van der Waals surface area contributed by atoms with Crippen molar-refractivity contribution in [2.75, 3.05) is 5.43 Å². The first kappa shape index (κ1) is 24.4. The molecule has 5 rings (SSSR count). The van der Waals surface area contributed by atoms with Crippen LogP contribution in [0.25, 0.3) is 11.4 Å². The number of benzene rings is 3. The van der Waals surface area contributed by atoms with Gasteiger partial charge in [-0.15, -0.1) is 0 Å². The number of anilines is 1. The molecule has 9 nitrogen and oxygen atoms in total. The average molecular weight is 503 g/mol. The highest BCUT2D eigenvalue weighted by Gasteiger charge is 2.07. The lowest BCUT2D eigenvalue weighted by Crippen LogP contribution is -2.19. The highest BCUT2D eigenvalue weighted by molar-refractivity contribution is 6.01. The van der Waals surface area contributed by atoms with E-state index in [2.05, 4.69) is 31.0 Å². The lowest BCUT2D eigenvalue weighted by atomic mass is 10.1. The first-order chi connectivity index (χ1) is 18.6. The Morgan fingerprint density at radius 1 is 0.711 bits per heavy atom. The molecule has 2 N–H and O–H groups in total. The van der Waals surface area contributed by atoms with Gasteiger partial charge in [0, 0.05) is 41.7 Å². The van der Waals surface area contributed by atoms with E-state index in [4.69, 9.17) is 0 Å². The maximum absolute atomic E-state index is 12.7. The summed E-state index contributed by atoms with van der Waals surface area (Å²) in [4.78, 5) is 20.9. The third-order valence-electron chi connectivity index (χ3n) is 5.98. The van der Waals surface area contributed by atoms with Crippen molar-refractivity contribution in [3.05, 3.63) is 127 Å². The van der Waals surface area contributed by atoms with Crippen LogP contribution in [0.15, 0.2) is 120 Å². The van der Waals surface area contributed by atoms with Gasteiger partial charge in [-0.05, 0) is 67.4 Å². The van der Waals surface area contributed by atoms with Crippen LogP contribution < -0.4 is 10.9 Å². The zero-order chi connectivity index (χ0) is 26.3. The predicted octanol–water partition coefficient (Wildman–Crippen LogP) is 5.05. The molecule has 0 atom stereocenters. The quantitative estimate of drug-likeness (QED) is 0.229. The Morgan fingerprint density at radius 3 is 1.79 bits per heavy atom. The number of aromatic nitrogens is 4. The van der Waals surface area contributed by atoms with Crippen LogP contribution in [0.5, 0.6) is 0 Å². The van der Waals surface area contributed by atoms with E-state index in [1.165, 1.54) is 0 Å². The molecule has 0 saturated carbocycles. The summed E-state index contributed by atoms with van der Waals surface area (Å²) in [7, 11) is 0. The third kappa shape index (κ3) is 5.73. The molecule has 0 unspecified atom stereocenters. The molecule has 0 spiro atoms. The highest BCUT2D eigenvalue weighted by Crippen LogP contribution is 2.14. The van der Waals surface area contributed by atoms with Crippen LogP contribution in [0.4, 0.5) is 5.69 Å². The summed E-state index contributed by atoms with van der Waals surface area (Å²) in [6, 6.07) is 23.0. The summed E-state index contributed by atoms with van der Waals surface area (Å²) in [6.45, 7) is 3.78. The van der Waals surface area contributed by atoms with E-state index in [1.807, 2.05) is 90.0 Å². The maximum Gasteiger partial charge on any atom is 0.271 e. The number of rotatable bonds is 8. The predicted molar refractivity (Wildman–Crippen MR) is 149 cm³/mol. The number of nitrogens with one attached hydrogen (secondary N) is 2. The van der Waals surface area contributed by atoms with Gasteiger partial charge < -0.3 is 9.13 Å². The van der Waals surface area contributed by atoms with E-state index in [9.17, 15) is 4.79 Å². The number of carbonyl (C=O) groups is 1. The van der Waals surface area contributed by atoms with E-state index in [1.54, 1.807) is 43.2 Å². The zero-order valence-electron chi connectivity index (χ0n) is 21.0. The van der Waals surface area contributed by atoms with Crippen LogP contribution in [0, 0.1) is 0 Å². The van der Waals surface area contributed by atoms with Crippen LogP contribution in [0.1, 0.15) is 35.3 Å². The molecule has 38 heavy (non-hydrogen) atoms. The first-order valence-corrected chi connectivity index (χ1v) is 12.0. The molecule has 188 valence electrons. The molecule has 9 heteroatoms. The molecule has 0 radical (unpaired) electrons. The minimum absolute atomic E-state index is 0.307. The zero-order valence-corrected chi connectivity index (χ0v) is 21.0. The molecule has 0 aliphatic carbocycles. The molecule has 0 fully saturated rings. The smallest absolute Gasteiger partial charge is 0.271 e. The van der Waals surface area contributed by atoms with E-state index >= 15 is 0 Å². The Hall–Kier alpha value is -5.31. The van der Waals surface area contributed by atoms with Crippen molar-refractivity contribution in [3.8, 4) is 11.4 Å². The molecular weight excluding hydrogens is 476 g/mol. The highest BCUT2D eigenvalue weighted by atomic mass is 16.2. The Bertz CT molecular complexity index is 1570. The van der Waals surface area contributed by atoms with Gasteiger partial charge in [0.25, 0.3) is 5.91 Å². The normalized spacial score (nSPS) is 11.8. The van der Waals surface area contributed by atoms with Crippen molar-refractivity contribution in [3.63, 3.8) is 0 Å². The molecule has 3 aromatic carbocycles. The van der Waals surface area contributed by atoms with Gasteiger partial charge in [0.2, 0.25) is 0 Å². The summed E-state index contributed by atoms with van der Waals surface area (Å²) in [5.41, 5.74) is 12.3. The molecule has 0 aliphatic heterocycles. The number of imidazole rings is 2. The van der Waals surface area contributed by atoms with Gasteiger partial charge in [0.15, 0.2) is 0 Å². The van der Waals surface area contributed by atoms with Crippen molar-refractivity contribution in [2.24, 2.45) is 10.2 Å². The van der Waals surface area contributed by atoms with E-state index in [-0.39, 0.29) is 5.91 Å². The van der Waals surface area contributed by atoms with Crippen LogP contribution in [-0.2, 0) is 0 Å². The van der Waals surface area contributed by atoms with Gasteiger partial charge in [0.1, 0.15) is 0 Å². The second kappa shape index (κ2) is 11.2. The topological polar surface area (TPSA) is 101 Å². The van der Waals surface area contributed by atoms with E-state index in [0.29, 0.717) is 17.0 Å². The van der Waals surface area contributed by atoms with E-state index in [0.717, 1.165) is 28.2 Å². The summed E-state index contributed by atoms with van der Waals surface area (Å²) in [5.74, 6) is -0.307. The number of carbonyl (C=O) groups excluding carboxylic acids is 1. The largest absolute Gasteiger partial charge is 0.306 e. The lowest BCUT2D eigenvalue weighted by Gasteiger charge is -2.08. The van der Waals surface area contributed by atoms with Crippen LogP contribution in [-0.4, -0.2) is 36.4 Å². The standard InChI is InChI=1S/C29H26N8O/c1-21(23-6-10-27(11-7-23)36-16-14-30-19-36)32-34-26-5-3-4-25(18-26)29(38)35-33-22(2)24-8-12-28(13-9-24)37-17-15-31-20-37/h3-20,34H,1-2H3,(H,35,38)/b32-21+,33-22+. The lowest BCUT2D eigenvalue weighted by molar-refractivity contribution is 0.0955. The average Bonchev–Trinajstić information content (AvgIpc) is 3.70. The van der Waals surface area contributed by atoms with Crippen molar-refractivity contribution < 1.29 is 4.79 Å². The molecule has 0 aliphatic rings. The summed E-state index contributed by atoms with van der Waals surface area (Å²) < 4.78 is 3.86.